The number of ketones is 2. The second kappa shape index (κ2) is 8.43. The summed E-state index contributed by atoms with van der Waals surface area (Å²) in [5, 5.41) is 11.9. The van der Waals surface area contributed by atoms with E-state index in [0.29, 0.717) is 0 Å². The zero-order valence-electron chi connectivity index (χ0n) is 16.4. The van der Waals surface area contributed by atoms with Crippen LogP contribution in [-0.4, -0.2) is 28.5 Å². The number of hydrogen-bond donors (Lipinski definition) is 2. The molecule has 2 atom stereocenters. The van der Waals surface area contributed by atoms with Crippen molar-refractivity contribution in [3.05, 3.63) is 95.3 Å². The van der Waals surface area contributed by atoms with Gasteiger partial charge >= 0.3 is 5.97 Å². The van der Waals surface area contributed by atoms with E-state index in [-0.39, 0.29) is 22.6 Å². The van der Waals surface area contributed by atoms with E-state index in [1.54, 1.807) is 12.1 Å². The van der Waals surface area contributed by atoms with Crippen LogP contribution in [0.15, 0.2) is 72.8 Å². The number of anilines is 1. The second-order valence-electron chi connectivity index (χ2n) is 7.10. The van der Waals surface area contributed by atoms with Crippen molar-refractivity contribution in [2.75, 3.05) is 5.32 Å². The van der Waals surface area contributed by atoms with Crippen molar-refractivity contribution < 1.29 is 33.4 Å². The number of hydrogen-bond acceptors (Lipinski definition) is 6. The average molecular weight is 433 g/mol. The number of nitrogens with one attached hydrogen (secondary N) is 1. The van der Waals surface area contributed by atoms with Gasteiger partial charge in [-0.3, -0.25) is 14.4 Å². The summed E-state index contributed by atoms with van der Waals surface area (Å²) in [7, 11) is 0. The monoisotopic (exact) mass is 433 g/mol. The van der Waals surface area contributed by atoms with Crippen LogP contribution in [0, 0.1) is 11.7 Å². The maximum Gasteiger partial charge on any atom is 0.339 e. The molecule has 0 unspecified atom stereocenters. The molecule has 0 bridgehead atoms. The Labute approximate surface area is 181 Å². The molecule has 3 aromatic carbocycles. The first-order valence-electron chi connectivity index (χ1n) is 9.59. The van der Waals surface area contributed by atoms with Gasteiger partial charge in [-0.15, -0.1) is 0 Å². The van der Waals surface area contributed by atoms with Crippen molar-refractivity contribution >= 4 is 29.1 Å². The molecule has 2 N–H and O–H groups in total. The Hall–Kier alpha value is -4.33. The number of phenolic OH excluding ortho intramolecular Hbond substituents is 1. The Morgan fingerprint density at radius 3 is 2.44 bits per heavy atom. The Morgan fingerprint density at radius 2 is 1.69 bits per heavy atom. The zero-order chi connectivity index (χ0) is 22.8. The number of carbonyl (C=O) groups excluding carboxylic acids is 4. The van der Waals surface area contributed by atoms with E-state index in [2.05, 4.69) is 5.32 Å². The molecule has 32 heavy (non-hydrogen) atoms. The highest BCUT2D eigenvalue weighted by Gasteiger charge is 2.46. The Bertz CT molecular complexity index is 1250. The normalized spacial score (nSPS) is 15.4. The lowest BCUT2D eigenvalue weighted by atomic mass is 9.84. The third kappa shape index (κ3) is 3.85. The number of halogens is 1. The fraction of sp³-hybridized carbons (Fsp3) is 0.0833. The predicted octanol–water partition coefficient (Wildman–Crippen LogP) is 3.45. The summed E-state index contributed by atoms with van der Waals surface area (Å²) in [5.74, 6) is -6.96. The van der Waals surface area contributed by atoms with Crippen molar-refractivity contribution in [1.82, 2.24) is 0 Å². The number of aromatic hydroxyl groups is 1. The lowest BCUT2D eigenvalue weighted by Gasteiger charge is -2.21. The fourth-order valence-corrected chi connectivity index (χ4v) is 3.56. The van der Waals surface area contributed by atoms with Crippen molar-refractivity contribution in [2.45, 2.75) is 6.10 Å². The smallest absolute Gasteiger partial charge is 0.339 e. The summed E-state index contributed by atoms with van der Waals surface area (Å²) < 4.78 is 19.6. The molecule has 7 nitrogen and oxygen atoms in total. The largest absolute Gasteiger partial charge is 0.508 e. The summed E-state index contributed by atoms with van der Waals surface area (Å²) in [6.07, 6.45) is -1.40. The molecule has 0 fully saturated rings. The second-order valence-corrected chi connectivity index (χ2v) is 7.10. The molecular formula is C24H16FNO6. The van der Waals surface area contributed by atoms with Crippen molar-refractivity contribution in [3.8, 4) is 5.75 Å². The third-order valence-corrected chi connectivity index (χ3v) is 5.06. The van der Waals surface area contributed by atoms with E-state index < -0.39 is 46.8 Å². The molecule has 1 aliphatic rings. The summed E-state index contributed by atoms with van der Waals surface area (Å²) in [5.41, 5.74) is 0.122. The van der Waals surface area contributed by atoms with Crippen LogP contribution in [0.4, 0.5) is 10.1 Å². The molecule has 0 aromatic heterocycles. The average Bonchev–Trinajstić information content (AvgIpc) is 3.10. The van der Waals surface area contributed by atoms with Crippen LogP contribution in [0.25, 0.3) is 0 Å². The van der Waals surface area contributed by atoms with Crippen LogP contribution in [-0.2, 0) is 14.3 Å². The van der Waals surface area contributed by atoms with Crippen molar-refractivity contribution in [3.63, 3.8) is 0 Å². The van der Waals surface area contributed by atoms with Gasteiger partial charge in [0.15, 0.2) is 5.78 Å². The van der Waals surface area contributed by atoms with E-state index in [1.807, 2.05) is 0 Å². The number of phenols is 1. The van der Waals surface area contributed by atoms with Gasteiger partial charge in [0.1, 0.15) is 23.6 Å². The van der Waals surface area contributed by atoms with Crippen LogP contribution < -0.4 is 5.32 Å². The zero-order valence-corrected chi connectivity index (χ0v) is 16.4. The number of fused-ring (bicyclic) bond motifs is 1. The van der Waals surface area contributed by atoms with E-state index in [9.17, 15) is 28.7 Å². The van der Waals surface area contributed by atoms with Crippen LogP contribution in [0.5, 0.6) is 5.75 Å². The number of ether oxygens (including phenoxy) is 1. The quantitative estimate of drug-likeness (QED) is 0.267. The van der Waals surface area contributed by atoms with Gasteiger partial charge in [0.25, 0.3) is 5.91 Å². The molecule has 8 heteroatoms. The van der Waals surface area contributed by atoms with Gasteiger partial charge in [0.05, 0.1) is 11.1 Å². The minimum absolute atomic E-state index is 0.115. The first-order chi connectivity index (χ1) is 15.4. The molecule has 4 rings (SSSR count). The number of carbonyl (C=O) groups is 4. The van der Waals surface area contributed by atoms with Crippen molar-refractivity contribution in [1.29, 1.82) is 0 Å². The van der Waals surface area contributed by atoms with Crippen LogP contribution in [0.2, 0.25) is 0 Å². The van der Waals surface area contributed by atoms with Gasteiger partial charge in [-0.1, -0.05) is 36.4 Å². The summed E-state index contributed by atoms with van der Waals surface area (Å²) in [6.45, 7) is 0. The highest BCUT2D eigenvalue weighted by molar-refractivity contribution is 6.45. The van der Waals surface area contributed by atoms with Gasteiger partial charge < -0.3 is 15.2 Å². The van der Waals surface area contributed by atoms with Crippen LogP contribution in [0.3, 0.4) is 0 Å². The Balaban J connectivity index is 1.73. The minimum atomic E-state index is -1.81. The summed E-state index contributed by atoms with van der Waals surface area (Å²) >= 11 is 0. The molecule has 160 valence electrons. The van der Waals surface area contributed by atoms with Gasteiger partial charge in [-0.05, 0) is 30.3 Å². The minimum Gasteiger partial charge on any atom is -0.508 e. The van der Waals surface area contributed by atoms with Gasteiger partial charge in [0, 0.05) is 17.3 Å². The Kier molecular flexibility index (Phi) is 5.51. The fourth-order valence-electron chi connectivity index (χ4n) is 3.56. The number of amides is 1. The highest BCUT2D eigenvalue weighted by Crippen LogP contribution is 2.38. The van der Waals surface area contributed by atoms with Crippen LogP contribution >= 0.6 is 0 Å². The first kappa shape index (κ1) is 20.9. The summed E-state index contributed by atoms with van der Waals surface area (Å²) in [4.78, 5) is 51.4. The molecule has 3 aromatic rings. The van der Waals surface area contributed by atoms with Crippen molar-refractivity contribution in [2.24, 2.45) is 5.92 Å². The summed E-state index contributed by atoms with van der Waals surface area (Å²) in [6, 6.07) is 16.7. The van der Waals surface area contributed by atoms with Gasteiger partial charge in [0.2, 0.25) is 5.78 Å². The predicted molar refractivity (Wildman–Crippen MR) is 111 cm³/mol. The van der Waals surface area contributed by atoms with E-state index in [0.717, 1.165) is 6.07 Å². The molecule has 0 aliphatic carbocycles. The highest BCUT2D eigenvalue weighted by atomic mass is 19.1. The number of Topliss-reactive ketones (excluding diaryl/α,β-unsaturated/α-hetero) is 2. The molecule has 1 amide bonds. The molecule has 1 heterocycles. The standard InChI is InChI=1S/C24H16FNO6/c25-18-11-4-3-10-17(18)20(28)19(22-15-8-1-2-9-16(15)24(31)32-22)21(29)23(30)26-13-6-5-7-14(27)12-13/h1-12,19,22,27H,(H,26,30)/t19-,22+/m0/s1. The number of rotatable bonds is 6. The lowest BCUT2D eigenvalue weighted by molar-refractivity contribution is -0.138. The van der Waals surface area contributed by atoms with Gasteiger partial charge in [-0.25, -0.2) is 9.18 Å². The molecule has 0 spiro atoms. The number of cyclic esters (lactones) is 1. The lowest BCUT2D eigenvalue weighted by Crippen LogP contribution is -2.38. The third-order valence-electron chi connectivity index (χ3n) is 5.06. The Morgan fingerprint density at radius 1 is 0.969 bits per heavy atom. The maximum atomic E-state index is 14.3. The van der Waals surface area contributed by atoms with E-state index in [4.69, 9.17) is 4.74 Å². The van der Waals surface area contributed by atoms with E-state index in [1.165, 1.54) is 54.6 Å². The number of esters is 1. The topological polar surface area (TPSA) is 110 Å². The van der Waals surface area contributed by atoms with E-state index >= 15 is 0 Å². The molecule has 0 saturated carbocycles. The van der Waals surface area contributed by atoms with Crippen LogP contribution in [0.1, 0.15) is 32.4 Å². The molecule has 0 radical (unpaired) electrons. The SMILES string of the molecule is O=C(Nc1cccc(O)c1)C(=O)[C@H](C(=O)c1ccccc1F)[C@@H]1OC(=O)c2ccccc21. The molecular weight excluding hydrogens is 417 g/mol. The maximum absolute atomic E-state index is 14.3. The number of benzene rings is 3. The van der Waals surface area contributed by atoms with Gasteiger partial charge in [-0.2, -0.15) is 0 Å². The molecule has 0 saturated heterocycles. The first-order valence-corrected chi connectivity index (χ1v) is 9.59. The molecule has 1 aliphatic heterocycles.